The van der Waals surface area contributed by atoms with E-state index in [-0.39, 0.29) is 5.91 Å². The van der Waals surface area contributed by atoms with Crippen LogP contribution in [0.15, 0.2) is 30.9 Å². The van der Waals surface area contributed by atoms with Crippen LogP contribution < -0.4 is 5.32 Å². The van der Waals surface area contributed by atoms with Gasteiger partial charge in [-0.1, -0.05) is 12.8 Å². The molecule has 1 amide bonds. The van der Waals surface area contributed by atoms with E-state index in [0.717, 1.165) is 24.1 Å². The number of carbonyl (C=O) groups excluding carboxylic acids is 1. The second-order valence-electron chi connectivity index (χ2n) is 6.85. The van der Waals surface area contributed by atoms with E-state index in [0.29, 0.717) is 18.4 Å². The number of hydrogen-bond donors (Lipinski definition) is 2. The van der Waals surface area contributed by atoms with Crippen molar-refractivity contribution in [3.05, 3.63) is 42.0 Å². The van der Waals surface area contributed by atoms with Crippen molar-refractivity contribution in [3.63, 3.8) is 0 Å². The first-order chi connectivity index (χ1) is 11.9. The van der Waals surface area contributed by atoms with Gasteiger partial charge in [0.25, 0.3) is 5.91 Å². The molecule has 1 aromatic carbocycles. The predicted octanol–water partition coefficient (Wildman–Crippen LogP) is 2.34. The summed E-state index contributed by atoms with van der Waals surface area (Å²) >= 11 is 0. The van der Waals surface area contributed by atoms with Gasteiger partial charge in [-0.05, 0) is 50.5 Å². The van der Waals surface area contributed by atoms with Crippen molar-refractivity contribution in [2.75, 3.05) is 0 Å². The fourth-order valence-electron chi connectivity index (χ4n) is 3.59. The van der Waals surface area contributed by atoms with E-state index in [4.69, 9.17) is 0 Å². The lowest BCUT2D eigenvalue weighted by molar-refractivity contribution is -0.145. The molecule has 1 aromatic heterocycles. The zero-order valence-corrected chi connectivity index (χ0v) is 14.4. The van der Waals surface area contributed by atoms with E-state index >= 15 is 0 Å². The van der Waals surface area contributed by atoms with Gasteiger partial charge in [-0.25, -0.2) is 9.67 Å². The van der Waals surface area contributed by atoms with Gasteiger partial charge in [0, 0.05) is 5.56 Å². The van der Waals surface area contributed by atoms with Crippen LogP contribution in [0.5, 0.6) is 0 Å². The zero-order chi connectivity index (χ0) is 18.0. The Morgan fingerprint density at radius 1 is 1.36 bits per heavy atom. The number of hydrogen-bond acceptors (Lipinski definition) is 4. The minimum absolute atomic E-state index is 0.238. The molecule has 2 N–H and O–H groups in total. The molecular formula is C18H22N4O3. The third-order valence-electron chi connectivity index (χ3n) is 5.04. The average molecular weight is 342 g/mol. The Bertz CT molecular complexity index is 788. The van der Waals surface area contributed by atoms with Crippen molar-refractivity contribution in [3.8, 4) is 5.69 Å². The summed E-state index contributed by atoms with van der Waals surface area (Å²) in [6.45, 7) is 3.69. The molecule has 0 radical (unpaired) electrons. The molecule has 25 heavy (non-hydrogen) atoms. The van der Waals surface area contributed by atoms with Crippen LogP contribution in [0.4, 0.5) is 0 Å². The van der Waals surface area contributed by atoms with Crippen molar-refractivity contribution in [2.45, 2.75) is 45.1 Å². The van der Waals surface area contributed by atoms with Crippen molar-refractivity contribution in [1.29, 1.82) is 0 Å². The van der Waals surface area contributed by atoms with Gasteiger partial charge < -0.3 is 10.4 Å². The van der Waals surface area contributed by atoms with Crippen molar-refractivity contribution >= 4 is 11.9 Å². The van der Waals surface area contributed by atoms with Crippen molar-refractivity contribution < 1.29 is 14.7 Å². The van der Waals surface area contributed by atoms with E-state index in [9.17, 15) is 14.7 Å². The Hall–Kier alpha value is -2.70. The smallest absolute Gasteiger partial charge is 0.308 e. The van der Waals surface area contributed by atoms with Gasteiger partial charge in [0.2, 0.25) is 0 Å². The molecule has 1 heterocycles. The molecule has 2 aromatic rings. The van der Waals surface area contributed by atoms with Gasteiger partial charge in [0.1, 0.15) is 12.7 Å². The van der Waals surface area contributed by atoms with Crippen LogP contribution in [-0.2, 0) is 4.79 Å². The largest absolute Gasteiger partial charge is 0.481 e. The number of aromatic nitrogens is 3. The van der Waals surface area contributed by atoms with Crippen LogP contribution in [0.25, 0.3) is 5.69 Å². The molecular weight excluding hydrogens is 320 g/mol. The lowest BCUT2D eigenvalue weighted by Gasteiger charge is -2.40. The Morgan fingerprint density at radius 2 is 2.16 bits per heavy atom. The highest BCUT2D eigenvalue weighted by molar-refractivity contribution is 5.96. The number of amides is 1. The van der Waals surface area contributed by atoms with Gasteiger partial charge >= 0.3 is 5.97 Å². The number of nitrogens with one attached hydrogen (secondary N) is 1. The Labute approximate surface area is 146 Å². The second-order valence-corrected chi connectivity index (χ2v) is 6.85. The average Bonchev–Trinajstić information content (AvgIpc) is 3.08. The van der Waals surface area contributed by atoms with E-state index < -0.39 is 17.4 Å². The van der Waals surface area contributed by atoms with Crippen LogP contribution in [0.3, 0.4) is 0 Å². The molecule has 3 rings (SSSR count). The van der Waals surface area contributed by atoms with Gasteiger partial charge in [0.15, 0.2) is 0 Å². The molecule has 0 spiro atoms. The number of carboxylic acid groups (broad SMARTS) is 1. The van der Waals surface area contributed by atoms with E-state index in [2.05, 4.69) is 15.4 Å². The highest BCUT2D eigenvalue weighted by atomic mass is 16.4. The normalized spacial score (nSPS) is 23.2. The number of rotatable bonds is 4. The number of carboxylic acids is 1. The maximum Gasteiger partial charge on any atom is 0.308 e. The van der Waals surface area contributed by atoms with Crippen LogP contribution in [0.1, 0.15) is 48.5 Å². The lowest BCUT2D eigenvalue weighted by Crippen LogP contribution is -2.55. The standard InChI is InChI=1S/C18H22N4O3/c1-12-9-13(22-11-19-10-20-22)6-7-14(12)16(23)21-18(2)8-4-3-5-15(18)17(24)25/h6-7,9-11,15H,3-5,8H2,1-2H3,(H,21,23)(H,24,25). The van der Waals surface area contributed by atoms with Gasteiger partial charge in [-0.15, -0.1) is 0 Å². The lowest BCUT2D eigenvalue weighted by atomic mass is 9.73. The molecule has 0 aliphatic heterocycles. The number of benzene rings is 1. The SMILES string of the molecule is Cc1cc(-n2cncn2)ccc1C(=O)NC1(C)CCCCC1C(=O)O. The fraction of sp³-hybridized carbons (Fsp3) is 0.444. The summed E-state index contributed by atoms with van der Waals surface area (Å²) in [5.41, 5.74) is 1.44. The van der Waals surface area contributed by atoms with E-state index in [1.165, 1.54) is 6.33 Å². The van der Waals surface area contributed by atoms with Crippen LogP contribution in [0, 0.1) is 12.8 Å². The summed E-state index contributed by atoms with van der Waals surface area (Å²) < 4.78 is 1.62. The summed E-state index contributed by atoms with van der Waals surface area (Å²) in [4.78, 5) is 28.2. The number of nitrogens with zero attached hydrogens (tertiary/aromatic N) is 3. The van der Waals surface area contributed by atoms with Crippen LogP contribution in [-0.4, -0.2) is 37.3 Å². The quantitative estimate of drug-likeness (QED) is 0.889. The number of aryl methyl sites for hydroxylation is 1. The van der Waals surface area contributed by atoms with E-state index in [1.54, 1.807) is 23.1 Å². The molecule has 1 saturated carbocycles. The molecule has 1 aliphatic carbocycles. The summed E-state index contributed by atoms with van der Waals surface area (Å²) in [5, 5.41) is 16.5. The molecule has 132 valence electrons. The molecule has 1 aliphatic rings. The summed E-state index contributed by atoms with van der Waals surface area (Å²) in [6, 6.07) is 5.40. The Balaban J connectivity index is 1.82. The highest BCUT2D eigenvalue weighted by Crippen LogP contribution is 2.34. The summed E-state index contributed by atoms with van der Waals surface area (Å²) in [7, 11) is 0. The molecule has 2 unspecified atom stereocenters. The third kappa shape index (κ3) is 3.40. The maximum absolute atomic E-state index is 12.8. The molecule has 0 saturated heterocycles. The van der Waals surface area contributed by atoms with E-state index in [1.807, 2.05) is 19.9 Å². The van der Waals surface area contributed by atoms with Gasteiger partial charge in [-0.2, -0.15) is 5.10 Å². The Kier molecular flexibility index (Phi) is 4.57. The topological polar surface area (TPSA) is 97.1 Å². The number of aliphatic carboxylic acids is 1. The molecule has 7 nitrogen and oxygen atoms in total. The monoisotopic (exact) mass is 342 g/mol. The fourth-order valence-corrected chi connectivity index (χ4v) is 3.59. The minimum atomic E-state index is -0.847. The first-order valence-electron chi connectivity index (χ1n) is 8.42. The van der Waals surface area contributed by atoms with Crippen molar-refractivity contribution in [1.82, 2.24) is 20.1 Å². The second kappa shape index (κ2) is 6.66. The molecule has 2 atom stereocenters. The zero-order valence-electron chi connectivity index (χ0n) is 14.4. The van der Waals surface area contributed by atoms with Crippen molar-refractivity contribution in [2.24, 2.45) is 5.92 Å². The molecule has 0 bridgehead atoms. The summed E-state index contributed by atoms with van der Waals surface area (Å²) in [6.07, 6.45) is 6.11. The summed E-state index contributed by atoms with van der Waals surface area (Å²) in [5.74, 6) is -1.64. The van der Waals surface area contributed by atoms with Gasteiger partial charge in [0.05, 0.1) is 17.1 Å². The highest BCUT2D eigenvalue weighted by Gasteiger charge is 2.42. The Morgan fingerprint density at radius 3 is 2.80 bits per heavy atom. The molecule has 7 heteroatoms. The maximum atomic E-state index is 12.8. The predicted molar refractivity (Wildman–Crippen MR) is 91.6 cm³/mol. The number of carbonyl (C=O) groups is 2. The van der Waals surface area contributed by atoms with Gasteiger partial charge in [-0.3, -0.25) is 9.59 Å². The van der Waals surface area contributed by atoms with Crippen LogP contribution in [0.2, 0.25) is 0 Å². The molecule has 1 fully saturated rings. The van der Waals surface area contributed by atoms with Crippen LogP contribution >= 0.6 is 0 Å². The minimum Gasteiger partial charge on any atom is -0.481 e. The third-order valence-corrected chi connectivity index (χ3v) is 5.04. The first kappa shape index (κ1) is 17.1. The first-order valence-corrected chi connectivity index (χ1v) is 8.42.